The molecule has 5 rings (SSSR count). The van der Waals surface area contributed by atoms with Crippen LogP contribution in [0.4, 0.5) is 0 Å². The molecule has 0 radical (unpaired) electrons. The van der Waals surface area contributed by atoms with Crippen LogP contribution in [0.1, 0.15) is 22.3 Å². The number of rotatable bonds is 0. The molecule has 0 unspecified atom stereocenters. The van der Waals surface area contributed by atoms with Gasteiger partial charge in [-0.3, -0.25) is 0 Å². The molecule has 1 aromatic heterocycles. The lowest BCUT2D eigenvalue weighted by atomic mass is 9.92. The van der Waals surface area contributed by atoms with Crippen LogP contribution in [0, 0.1) is 45.3 Å². The number of thiophene rings is 1. The average Bonchev–Trinajstić information content (AvgIpc) is 3.38. The van der Waals surface area contributed by atoms with Crippen LogP contribution in [-0.4, -0.2) is 0 Å². The maximum Gasteiger partial charge on any atom is 0.138 e. The largest absolute Gasteiger partial charge is 0.192 e. The van der Waals surface area contributed by atoms with Gasteiger partial charge in [-0.25, -0.2) is 0 Å². The van der Waals surface area contributed by atoms with E-state index in [0.717, 1.165) is 43.1 Å². The number of fused-ring (bicyclic) bond motifs is 7. The molecule has 0 bridgehead atoms. The molecule has 0 saturated carbocycles. The van der Waals surface area contributed by atoms with Crippen LogP contribution in [0.2, 0.25) is 0 Å². The minimum Gasteiger partial charge on any atom is -0.192 e. The Kier molecular flexibility index (Phi) is 3.49. The van der Waals surface area contributed by atoms with Crippen molar-refractivity contribution in [3.05, 3.63) is 81.9 Å². The molecule has 2 aliphatic rings. The number of benzene rings is 2. The van der Waals surface area contributed by atoms with Gasteiger partial charge in [-0.15, -0.1) is 11.3 Å². The van der Waals surface area contributed by atoms with Gasteiger partial charge in [0.25, 0.3) is 0 Å². The molecule has 2 aliphatic carbocycles. The lowest BCUT2D eigenvalue weighted by Crippen LogP contribution is -1.93. The van der Waals surface area contributed by atoms with Gasteiger partial charge in [0.15, 0.2) is 0 Å². The summed E-state index contributed by atoms with van der Waals surface area (Å²) in [5.74, 6) is 0. The summed E-state index contributed by atoms with van der Waals surface area (Å²) in [4.78, 5) is 1.93. The SMILES string of the molecule is N#CC(C#N)=C1c2ccccc2-c2sc3c(c21)C(=C(C#N)C#N)c1ccccc1-3. The van der Waals surface area contributed by atoms with Crippen molar-refractivity contribution in [1.29, 1.82) is 21.0 Å². The molecule has 2 aromatic carbocycles. The first-order valence-corrected chi connectivity index (χ1v) is 9.52. The lowest BCUT2D eigenvalue weighted by Gasteiger charge is -2.07. The smallest absolute Gasteiger partial charge is 0.138 e. The molecular weight excluding hydrogens is 376 g/mol. The Balaban J connectivity index is 2.00. The zero-order chi connectivity index (χ0) is 20.1. The molecule has 0 aliphatic heterocycles. The van der Waals surface area contributed by atoms with E-state index < -0.39 is 0 Å². The van der Waals surface area contributed by atoms with Gasteiger partial charge in [-0.1, -0.05) is 48.5 Å². The zero-order valence-corrected chi connectivity index (χ0v) is 15.6. The summed E-state index contributed by atoms with van der Waals surface area (Å²) in [7, 11) is 0. The van der Waals surface area contributed by atoms with Crippen LogP contribution in [0.15, 0.2) is 59.7 Å². The number of nitrogens with zero attached hydrogens (tertiary/aromatic N) is 4. The summed E-state index contributed by atoms with van der Waals surface area (Å²) in [5, 5.41) is 38.5. The first-order valence-electron chi connectivity index (χ1n) is 8.71. The second-order valence-electron chi connectivity index (χ2n) is 6.55. The van der Waals surface area contributed by atoms with Crippen molar-refractivity contribution < 1.29 is 0 Å². The van der Waals surface area contributed by atoms with Gasteiger partial charge in [-0.2, -0.15) is 21.0 Å². The van der Waals surface area contributed by atoms with Crippen molar-refractivity contribution in [3.63, 3.8) is 0 Å². The molecule has 0 fully saturated rings. The van der Waals surface area contributed by atoms with Gasteiger partial charge in [0.05, 0.1) is 0 Å². The molecule has 0 N–H and O–H groups in total. The molecule has 3 aromatic rings. The summed E-state index contributed by atoms with van der Waals surface area (Å²) in [5.41, 5.74) is 6.37. The maximum absolute atomic E-state index is 9.62. The van der Waals surface area contributed by atoms with E-state index in [0.29, 0.717) is 11.1 Å². The highest BCUT2D eigenvalue weighted by Crippen LogP contribution is 2.60. The minimum absolute atomic E-state index is 0.0302. The number of allylic oxidation sites excluding steroid dienone is 2. The Morgan fingerprint density at radius 2 is 0.897 bits per heavy atom. The first-order chi connectivity index (χ1) is 14.2. The van der Waals surface area contributed by atoms with E-state index >= 15 is 0 Å². The van der Waals surface area contributed by atoms with Gasteiger partial charge < -0.3 is 0 Å². The zero-order valence-electron chi connectivity index (χ0n) is 14.8. The Morgan fingerprint density at radius 1 is 0.552 bits per heavy atom. The van der Waals surface area contributed by atoms with E-state index in [9.17, 15) is 21.0 Å². The predicted molar refractivity (Wildman–Crippen MR) is 110 cm³/mol. The van der Waals surface area contributed by atoms with Crippen molar-refractivity contribution in [1.82, 2.24) is 0 Å². The molecule has 29 heavy (non-hydrogen) atoms. The molecule has 0 saturated heterocycles. The fourth-order valence-electron chi connectivity index (χ4n) is 4.15. The summed E-state index contributed by atoms with van der Waals surface area (Å²) in [6.45, 7) is 0. The molecule has 1 heterocycles. The van der Waals surface area contributed by atoms with Gasteiger partial charge >= 0.3 is 0 Å². The van der Waals surface area contributed by atoms with E-state index in [2.05, 4.69) is 0 Å². The second kappa shape index (κ2) is 6.05. The first kappa shape index (κ1) is 16.7. The highest BCUT2D eigenvalue weighted by molar-refractivity contribution is 7.20. The van der Waals surface area contributed by atoms with Crippen LogP contribution in [0.25, 0.3) is 32.0 Å². The monoisotopic (exact) mass is 384 g/mol. The predicted octanol–water partition coefficient (Wildman–Crippen LogP) is 5.41. The molecule has 5 heteroatoms. The highest BCUT2D eigenvalue weighted by Gasteiger charge is 2.39. The fraction of sp³-hybridized carbons (Fsp3) is 0. The van der Waals surface area contributed by atoms with E-state index in [4.69, 9.17) is 0 Å². The van der Waals surface area contributed by atoms with Gasteiger partial charge in [0.2, 0.25) is 0 Å². The van der Waals surface area contributed by atoms with Crippen molar-refractivity contribution in [2.24, 2.45) is 0 Å². The van der Waals surface area contributed by atoms with E-state index in [-0.39, 0.29) is 11.1 Å². The molecule has 4 nitrogen and oxygen atoms in total. The van der Waals surface area contributed by atoms with E-state index in [1.54, 1.807) is 11.3 Å². The van der Waals surface area contributed by atoms with Crippen LogP contribution in [-0.2, 0) is 0 Å². The summed E-state index contributed by atoms with van der Waals surface area (Å²) in [6.07, 6.45) is 0. The van der Waals surface area contributed by atoms with E-state index in [1.807, 2.05) is 72.8 Å². The Morgan fingerprint density at radius 3 is 1.24 bits per heavy atom. The van der Waals surface area contributed by atoms with Crippen molar-refractivity contribution >= 4 is 22.5 Å². The average molecular weight is 384 g/mol. The second-order valence-corrected chi connectivity index (χ2v) is 7.57. The summed E-state index contributed by atoms with van der Waals surface area (Å²) in [6, 6.07) is 23.5. The maximum atomic E-state index is 9.62. The molecule has 0 amide bonds. The normalized spacial score (nSPS) is 11.9. The Labute approximate surface area is 170 Å². The molecule has 0 spiro atoms. The minimum atomic E-state index is 0.0302. The third-order valence-electron chi connectivity index (χ3n) is 5.24. The number of nitriles is 4. The van der Waals surface area contributed by atoms with Crippen molar-refractivity contribution in [3.8, 4) is 45.2 Å². The van der Waals surface area contributed by atoms with Crippen LogP contribution in [0.5, 0.6) is 0 Å². The summed E-state index contributed by atoms with van der Waals surface area (Å²) < 4.78 is 0. The molecular formula is C24H8N4S. The van der Waals surface area contributed by atoms with Crippen LogP contribution < -0.4 is 0 Å². The topological polar surface area (TPSA) is 95.2 Å². The van der Waals surface area contributed by atoms with Crippen molar-refractivity contribution in [2.75, 3.05) is 0 Å². The fourth-order valence-corrected chi connectivity index (χ4v) is 5.54. The third kappa shape index (κ3) is 2.03. The Bertz CT molecular complexity index is 1340. The quantitative estimate of drug-likeness (QED) is 0.334. The lowest BCUT2D eigenvalue weighted by molar-refractivity contribution is 1.45. The van der Waals surface area contributed by atoms with Gasteiger partial charge in [0.1, 0.15) is 35.4 Å². The van der Waals surface area contributed by atoms with Gasteiger partial charge in [-0.05, 0) is 11.1 Å². The molecule has 0 atom stereocenters. The van der Waals surface area contributed by atoms with Gasteiger partial charge in [0, 0.05) is 43.2 Å². The highest BCUT2D eigenvalue weighted by atomic mass is 32.1. The third-order valence-corrected chi connectivity index (χ3v) is 6.49. The van der Waals surface area contributed by atoms with Crippen LogP contribution in [0.3, 0.4) is 0 Å². The standard InChI is InChI=1S/C24H8N4S/c25-9-13(10-26)19-15-5-1-3-7-17(15)23-21(19)22-20(14(11-27)12-28)16-6-2-4-8-18(16)24(22)29-23/h1-8H. The number of hydrogen-bond donors (Lipinski definition) is 0. The Hall–Kier alpha value is -4.42. The van der Waals surface area contributed by atoms with Crippen LogP contribution >= 0.6 is 11.3 Å². The van der Waals surface area contributed by atoms with Crippen molar-refractivity contribution in [2.45, 2.75) is 0 Å². The summed E-state index contributed by atoms with van der Waals surface area (Å²) >= 11 is 1.57. The number of hydrogen-bond acceptors (Lipinski definition) is 5. The van der Waals surface area contributed by atoms with E-state index in [1.165, 1.54) is 0 Å². The molecule has 130 valence electrons.